The van der Waals surface area contributed by atoms with Gasteiger partial charge in [0.2, 0.25) is 0 Å². The molecule has 3 N–H and O–H groups in total. The second-order valence-corrected chi connectivity index (χ2v) is 10.6. The molecular weight excluding hydrogens is 474 g/mol. The summed E-state index contributed by atoms with van der Waals surface area (Å²) >= 11 is 0. The van der Waals surface area contributed by atoms with Crippen molar-refractivity contribution in [2.75, 3.05) is 13.2 Å². The number of aromatic carboxylic acids is 1. The van der Waals surface area contributed by atoms with Crippen molar-refractivity contribution in [2.45, 2.75) is 51.4 Å². The fourth-order valence-electron chi connectivity index (χ4n) is 4.85. The molecule has 1 unspecified atom stereocenters. The molecule has 0 saturated carbocycles. The van der Waals surface area contributed by atoms with Gasteiger partial charge in [0.25, 0.3) is 0 Å². The monoisotopic (exact) mass is 511 g/mol. The Morgan fingerprint density at radius 2 is 1.63 bits per heavy atom. The van der Waals surface area contributed by atoms with Gasteiger partial charge in [0, 0.05) is 12.1 Å². The largest absolute Gasteiger partial charge is 0.478 e. The summed E-state index contributed by atoms with van der Waals surface area (Å²) in [6.07, 6.45) is 0.595. The quantitative estimate of drug-likeness (QED) is 0.212. The zero-order valence-electron chi connectivity index (χ0n) is 22.4. The molecule has 4 aromatic carbocycles. The lowest BCUT2D eigenvalue weighted by atomic mass is 9.93. The molecule has 0 spiro atoms. The van der Waals surface area contributed by atoms with Gasteiger partial charge in [-0.25, -0.2) is 4.79 Å². The van der Waals surface area contributed by atoms with Crippen LogP contribution >= 0.6 is 0 Å². The molecule has 5 nitrogen and oxygen atoms in total. The summed E-state index contributed by atoms with van der Waals surface area (Å²) in [6.45, 7) is 6.91. The first-order chi connectivity index (χ1) is 18.2. The summed E-state index contributed by atoms with van der Waals surface area (Å²) in [5.74, 6) is -0.931. The Morgan fingerprint density at radius 3 is 2.42 bits per heavy atom. The number of aliphatic hydroxyl groups excluding tert-OH is 1. The molecule has 0 aliphatic rings. The van der Waals surface area contributed by atoms with E-state index in [2.05, 4.69) is 61.6 Å². The van der Waals surface area contributed by atoms with Gasteiger partial charge in [-0.05, 0) is 78.8 Å². The number of fused-ring (bicyclic) bond motifs is 1. The van der Waals surface area contributed by atoms with Crippen LogP contribution in [0.3, 0.4) is 0 Å². The molecule has 38 heavy (non-hydrogen) atoms. The molecule has 0 saturated heterocycles. The SMILES string of the molecule is CC(OC[C@@H](O)CNC(C)(C)Cc1ccc2ccccc2c1)c1ccccc1Cc1cccc(C(=O)O)c1. The molecule has 0 amide bonds. The molecule has 198 valence electrons. The minimum atomic E-state index is -0.931. The summed E-state index contributed by atoms with van der Waals surface area (Å²) in [6, 6.07) is 29.9. The Labute approximate surface area is 225 Å². The van der Waals surface area contributed by atoms with Crippen LogP contribution in [-0.2, 0) is 17.6 Å². The molecule has 0 aliphatic heterocycles. The van der Waals surface area contributed by atoms with Crippen molar-refractivity contribution in [1.82, 2.24) is 5.32 Å². The van der Waals surface area contributed by atoms with Crippen molar-refractivity contribution in [1.29, 1.82) is 0 Å². The van der Waals surface area contributed by atoms with E-state index in [1.54, 1.807) is 18.2 Å². The van der Waals surface area contributed by atoms with Crippen molar-refractivity contribution >= 4 is 16.7 Å². The van der Waals surface area contributed by atoms with Crippen LogP contribution in [0.5, 0.6) is 0 Å². The number of aliphatic hydroxyl groups is 1. The number of rotatable bonds is 12. The number of carbonyl (C=O) groups is 1. The van der Waals surface area contributed by atoms with E-state index < -0.39 is 12.1 Å². The van der Waals surface area contributed by atoms with Crippen molar-refractivity contribution < 1.29 is 19.7 Å². The minimum absolute atomic E-state index is 0.188. The van der Waals surface area contributed by atoms with E-state index in [0.29, 0.717) is 13.0 Å². The Hall–Kier alpha value is -3.51. The number of carboxylic acid groups (broad SMARTS) is 1. The fraction of sp³-hybridized carbons (Fsp3) is 0.303. The van der Waals surface area contributed by atoms with Crippen molar-refractivity contribution in [3.05, 3.63) is 119 Å². The number of hydrogen-bond donors (Lipinski definition) is 3. The van der Waals surface area contributed by atoms with Crippen LogP contribution in [0, 0.1) is 0 Å². The Morgan fingerprint density at radius 1 is 0.895 bits per heavy atom. The van der Waals surface area contributed by atoms with Crippen molar-refractivity contribution in [3.63, 3.8) is 0 Å². The third-order valence-corrected chi connectivity index (χ3v) is 6.88. The molecular formula is C33H37NO4. The molecule has 0 aliphatic carbocycles. The summed E-state index contributed by atoms with van der Waals surface area (Å²) in [5.41, 5.74) is 4.39. The van der Waals surface area contributed by atoms with Gasteiger partial charge in [-0.15, -0.1) is 0 Å². The van der Waals surface area contributed by atoms with E-state index in [4.69, 9.17) is 4.74 Å². The molecule has 4 rings (SSSR count). The summed E-state index contributed by atoms with van der Waals surface area (Å²) in [4.78, 5) is 11.3. The fourth-order valence-corrected chi connectivity index (χ4v) is 4.85. The number of hydrogen-bond acceptors (Lipinski definition) is 4. The Kier molecular flexibility index (Phi) is 8.95. The highest BCUT2D eigenvalue weighted by atomic mass is 16.5. The van der Waals surface area contributed by atoms with Gasteiger partial charge in [-0.2, -0.15) is 0 Å². The Bertz CT molecular complexity index is 1380. The van der Waals surface area contributed by atoms with E-state index in [-0.39, 0.29) is 23.8 Å². The lowest BCUT2D eigenvalue weighted by Crippen LogP contribution is -2.46. The van der Waals surface area contributed by atoms with Gasteiger partial charge < -0.3 is 20.3 Å². The maximum absolute atomic E-state index is 11.3. The summed E-state index contributed by atoms with van der Waals surface area (Å²) < 4.78 is 6.08. The van der Waals surface area contributed by atoms with Crippen LogP contribution in [-0.4, -0.2) is 41.0 Å². The van der Waals surface area contributed by atoms with E-state index in [0.717, 1.165) is 23.1 Å². The van der Waals surface area contributed by atoms with Gasteiger partial charge >= 0.3 is 5.97 Å². The standard InChI is InChI=1S/C33H37NO4/c1-23(31-14-7-6-12-28(31)17-24-9-8-13-29(18-24)32(36)37)38-22-30(35)21-34-33(2,3)20-25-15-16-26-10-4-5-11-27(26)19-25/h4-16,18-19,23,30,34-35H,17,20-22H2,1-3H3,(H,36,37)/t23?,30-/m0/s1. The van der Waals surface area contributed by atoms with Crippen LogP contribution in [0.4, 0.5) is 0 Å². The van der Waals surface area contributed by atoms with Gasteiger partial charge in [0.15, 0.2) is 0 Å². The topological polar surface area (TPSA) is 78.8 Å². The number of carboxylic acids is 1. The van der Waals surface area contributed by atoms with Crippen molar-refractivity contribution in [2.24, 2.45) is 0 Å². The molecule has 0 heterocycles. The molecule has 0 aromatic heterocycles. The Balaban J connectivity index is 1.30. The maximum atomic E-state index is 11.3. The zero-order chi connectivity index (χ0) is 27.1. The minimum Gasteiger partial charge on any atom is -0.478 e. The summed E-state index contributed by atoms with van der Waals surface area (Å²) in [5, 5.41) is 25.9. The van der Waals surface area contributed by atoms with Crippen LogP contribution in [0.2, 0.25) is 0 Å². The molecule has 2 atom stereocenters. The second-order valence-electron chi connectivity index (χ2n) is 10.6. The average Bonchev–Trinajstić information content (AvgIpc) is 2.91. The first-order valence-corrected chi connectivity index (χ1v) is 13.1. The van der Waals surface area contributed by atoms with Crippen LogP contribution < -0.4 is 5.32 Å². The smallest absolute Gasteiger partial charge is 0.335 e. The van der Waals surface area contributed by atoms with Gasteiger partial charge in [-0.3, -0.25) is 0 Å². The number of nitrogens with one attached hydrogen (secondary N) is 1. The third kappa shape index (κ3) is 7.51. The van der Waals surface area contributed by atoms with Crippen LogP contribution in [0.15, 0.2) is 91.0 Å². The van der Waals surface area contributed by atoms with E-state index in [1.807, 2.05) is 37.3 Å². The first-order valence-electron chi connectivity index (χ1n) is 13.1. The first kappa shape index (κ1) is 27.5. The lowest BCUT2D eigenvalue weighted by Gasteiger charge is -2.28. The highest BCUT2D eigenvalue weighted by Gasteiger charge is 2.20. The highest BCUT2D eigenvalue weighted by Crippen LogP contribution is 2.24. The number of ether oxygens (including phenoxy) is 1. The van der Waals surface area contributed by atoms with E-state index >= 15 is 0 Å². The predicted octanol–water partition coefficient (Wildman–Crippen LogP) is 6.18. The van der Waals surface area contributed by atoms with Gasteiger partial charge in [-0.1, -0.05) is 78.9 Å². The predicted molar refractivity (Wildman–Crippen MR) is 153 cm³/mol. The zero-order valence-corrected chi connectivity index (χ0v) is 22.4. The number of β-amino-alcohol motifs (C(OH)–C–C–N with tert-alkyl or cyclic N) is 1. The lowest BCUT2D eigenvalue weighted by molar-refractivity contribution is -0.00445. The molecule has 5 heteroatoms. The van der Waals surface area contributed by atoms with Crippen LogP contribution in [0.25, 0.3) is 10.8 Å². The highest BCUT2D eigenvalue weighted by molar-refractivity contribution is 5.87. The van der Waals surface area contributed by atoms with Gasteiger partial charge in [0.1, 0.15) is 0 Å². The normalized spacial score (nSPS) is 13.4. The second kappa shape index (κ2) is 12.4. The molecule has 0 fully saturated rings. The van der Waals surface area contributed by atoms with Crippen molar-refractivity contribution in [3.8, 4) is 0 Å². The molecule has 0 radical (unpaired) electrons. The average molecular weight is 512 g/mol. The van der Waals surface area contributed by atoms with Crippen LogP contribution in [0.1, 0.15) is 59.5 Å². The third-order valence-electron chi connectivity index (χ3n) is 6.88. The van der Waals surface area contributed by atoms with E-state index in [1.165, 1.54) is 16.3 Å². The van der Waals surface area contributed by atoms with E-state index in [9.17, 15) is 15.0 Å². The maximum Gasteiger partial charge on any atom is 0.335 e. The summed E-state index contributed by atoms with van der Waals surface area (Å²) in [7, 11) is 0. The molecule has 0 bridgehead atoms. The number of benzene rings is 4. The van der Waals surface area contributed by atoms with Gasteiger partial charge in [0.05, 0.1) is 24.4 Å². The molecule has 4 aromatic rings.